The Morgan fingerprint density at radius 2 is 1.90 bits per heavy atom. The second-order valence-electron chi connectivity index (χ2n) is 5.18. The number of carbonyl (C=O) groups is 1. The maximum atomic E-state index is 11.0. The lowest BCUT2D eigenvalue weighted by Gasteiger charge is -2.13. The molecule has 106 valence electrons. The first-order valence-corrected chi connectivity index (χ1v) is 7.86. The number of aliphatic carboxylic acids is 1. The first-order chi connectivity index (χ1) is 10.2. The highest BCUT2D eigenvalue weighted by molar-refractivity contribution is 7.08. The summed E-state index contributed by atoms with van der Waals surface area (Å²) in [6.45, 7) is 2.10. The zero-order chi connectivity index (χ0) is 14.8. The summed E-state index contributed by atoms with van der Waals surface area (Å²) in [6.07, 6.45) is 0.714. The van der Waals surface area contributed by atoms with Gasteiger partial charge in [0.2, 0.25) is 0 Å². The fraction of sp³-hybridized carbons (Fsp3) is 0.167. The minimum atomic E-state index is -0.754. The summed E-state index contributed by atoms with van der Waals surface area (Å²) in [7, 11) is 0. The molecule has 1 heterocycles. The van der Waals surface area contributed by atoms with Gasteiger partial charge in [-0.2, -0.15) is 11.3 Å². The number of rotatable bonds is 4. The van der Waals surface area contributed by atoms with Gasteiger partial charge in [-0.05, 0) is 57.1 Å². The minimum absolute atomic E-state index is 0.157. The molecule has 21 heavy (non-hydrogen) atoms. The molecule has 0 spiro atoms. The summed E-state index contributed by atoms with van der Waals surface area (Å²) in [5.41, 5.74) is 4.75. The molecule has 0 aliphatic carbocycles. The Hall–Kier alpha value is -2.13. The topological polar surface area (TPSA) is 37.3 Å². The Kier molecular flexibility index (Phi) is 3.76. The number of fused-ring (bicyclic) bond motifs is 1. The molecule has 0 bridgehead atoms. The zero-order valence-corrected chi connectivity index (χ0v) is 12.6. The van der Waals surface area contributed by atoms with Crippen molar-refractivity contribution in [2.24, 2.45) is 0 Å². The Bertz CT molecular complexity index is 802. The molecule has 3 heteroatoms. The van der Waals surface area contributed by atoms with Crippen LogP contribution in [0.5, 0.6) is 0 Å². The van der Waals surface area contributed by atoms with Crippen LogP contribution in [0.2, 0.25) is 0 Å². The molecular weight excluding hydrogens is 280 g/mol. The van der Waals surface area contributed by atoms with Gasteiger partial charge in [0.1, 0.15) is 0 Å². The smallest absolute Gasteiger partial charge is 0.303 e. The monoisotopic (exact) mass is 296 g/mol. The van der Waals surface area contributed by atoms with Gasteiger partial charge < -0.3 is 5.11 Å². The van der Waals surface area contributed by atoms with Crippen molar-refractivity contribution in [1.82, 2.24) is 0 Å². The zero-order valence-electron chi connectivity index (χ0n) is 11.8. The first-order valence-electron chi connectivity index (χ1n) is 6.92. The number of benzene rings is 2. The number of hydrogen-bond acceptors (Lipinski definition) is 2. The van der Waals surface area contributed by atoms with Gasteiger partial charge >= 0.3 is 5.97 Å². The fourth-order valence-corrected chi connectivity index (χ4v) is 3.57. The van der Waals surface area contributed by atoms with Crippen LogP contribution in [0, 0.1) is 6.92 Å². The molecular formula is C18H16O2S. The third-order valence-electron chi connectivity index (χ3n) is 3.78. The highest BCUT2D eigenvalue weighted by atomic mass is 32.1. The molecule has 3 rings (SSSR count). The first kappa shape index (κ1) is 13.8. The predicted octanol–water partition coefficient (Wildman–Crippen LogP) is 4.89. The molecule has 1 aromatic heterocycles. The average Bonchev–Trinajstić information content (AvgIpc) is 2.90. The van der Waals surface area contributed by atoms with Crippen LogP contribution in [0.4, 0.5) is 0 Å². The van der Waals surface area contributed by atoms with E-state index in [2.05, 4.69) is 41.9 Å². The van der Waals surface area contributed by atoms with Crippen LogP contribution < -0.4 is 0 Å². The molecule has 0 atom stereocenters. The second kappa shape index (κ2) is 5.70. The quantitative estimate of drug-likeness (QED) is 0.744. The van der Waals surface area contributed by atoms with Gasteiger partial charge in [-0.25, -0.2) is 0 Å². The maximum Gasteiger partial charge on any atom is 0.303 e. The minimum Gasteiger partial charge on any atom is -0.481 e. The number of aryl methyl sites for hydroxylation is 2. The van der Waals surface area contributed by atoms with Crippen molar-refractivity contribution in [3.63, 3.8) is 0 Å². The van der Waals surface area contributed by atoms with Crippen LogP contribution in [0.15, 0.2) is 47.2 Å². The van der Waals surface area contributed by atoms with Gasteiger partial charge in [0, 0.05) is 6.42 Å². The van der Waals surface area contributed by atoms with E-state index in [9.17, 15) is 4.79 Å². The summed E-state index contributed by atoms with van der Waals surface area (Å²) in [4.78, 5) is 11.0. The van der Waals surface area contributed by atoms with E-state index in [0.29, 0.717) is 6.42 Å². The third kappa shape index (κ3) is 2.69. The Morgan fingerprint density at radius 1 is 1.10 bits per heavy atom. The van der Waals surface area contributed by atoms with Crippen LogP contribution in [0.25, 0.3) is 21.9 Å². The highest BCUT2D eigenvalue weighted by Gasteiger charge is 2.13. The molecule has 2 nitrogen and oxygen atoms in total. The molecule has 0 aliphatic heterocycles. The van der Waals surface area contributed by atoms with Crippen LogP contribution >= 0.6 is 11.3 Å². The summed E-state index contributed by atoms with van der Waals surface area (Å²) >= 11 is 1.68. The Labute approximate surface area is 127 Å². The lowest BCUT2D eigenvalue weighted by atomic mass is 9.91. The van der Waals surface area contributed by atoms with Crippen molar-refractivity contribution in [2.75, 3.05) is 0 Å². The molecule has 0 aliphatic rings. The number of hydrogen-bond donors (Lipinski definition) is 1. The van der Waals surface area contributed by atoms with Crippen molar-refractivity contribution in [2.45, 2.75) is 19.8 Å². The number of carboxylic acids is 1. The largest absolute Gasteiger partial charge is 0.481 e. The second-order valence-corrected chi connectivity index (χ2v) is 5.92. The molecule has 1 N–H and O–H groups in total. The molecule has 0 unspecified atom stereocenters. The van der Waals surface area contributed by atoms with Gasteiger partial charge in [0.15, 0.2) is 0 Å². The molecule has 3 aromatic rings. The van der Waals surface area contributed by atoms with E-state index in [4.69, 9.17) is 5.11 Å². The van der Waals surface area contributed by atoms with Crippen molar-refractivity contribution < 1.29 is 9.90 Å². The summed E-state index contributed by atoms with van der Waals surface area (Å²) in [5.74, 6) is -0.754. The van der Waals surface area contributed by atoms with Crippen LogP contribution in [0.3, 0.4) is 0 Å². The summed E-state index contributed by atoms with van der Waals surface area (Å²) < 4.78 is 0. The van der Waals surface area contributed by atoms with Crippen molar-refractivity contribution in [1.29, 1.82) is 0 Å². The van der Waals surface area contributed by atoms with Crippen molar-refractivity contribution in [3.05, 3.63) is 58.3 Å². The molecule has 0 saturated carbocycles. The predicted molar refractivity (Wildman–Crippen MR) is 88.0 cm³/mol. The van der Waals surface area contributed by atoms with Crippen molar-refractivity contribution in [3.8, 4) is 11.1 Å². The van der Waals surface area contributed by atoms with E-state index in [0.717, 1.165) is 21.9 Å². The van der Waals surface area contributed by atoms with E-state index >= 15 is 0 Å². The molecule has 0 fully saturated rings. The number of carboxylic acid groups (broad SMARTS) is 1. The van der Waals surface area contributed by atoms with E-state index in [1.54, 1.807) is 11.3 Å². The molecule has 0 amide bonds. The normalized spacial score (nSPS) is 10.9. The summed E-state index contributed by atoms with van der Waals surface area (Å²) in [5, 5.41) is 15.6. The van der Waals surface area contributed by atoms with E-state index in [1.165, 1.54) is 11.1 Å². The van der Waals surface area contributed by atoms with Gasteiger partial charge in [-0.3, -0.25) is 4.79 Å². The summed E-state index contributed by atoms with van der Waals surface area (Å²) in [6, 6.07) is 12.4. The van der Waals surface area contributed by atoms with Gasteiger partial charge in [0.05, 0.1) is 0 Å². The van der Waals surface area contributed by atoms with E-state index < -0.39 is 5.97 Å². The average molecular weight is 296 g/mol. The van der Waals surface area contributed by atoms with Gasteiger partial charge in [-0.15, -0.1) is 0 Å². The number of thiophene rings is 1. The molecule has 0 radical (unpaired) electrons. The van der Waals surface area contributed by atoms with E-state index in [-0.39, 0.29) is 6.42 Å². The third-order valence-corrected chi connectivity index (χ3v) is 4.64. The van der Waals surface area contributed by atoms with Crippen molar-refractivity contribution >= 4 is 28.1 Å². The van der Waals surface area contributed by atoms with Crippen LogP contribution in [-0.2, 0) is 11.2 Å². The Balaban J connectivity index is 2.21. The SMILES string of the molecule is Cc1cscc1-c1ccc2ccccc2c1CCC(=O)O. The lowest BCUT2D eigenvalue weighted by molar-refractivity contribution is -0.136. The molecule has 2 aromatic carbocycles. The van der Waals surface area contributed by atoms with Gasteiger partial charge in [-0.1, -0.05) is 36.4 Å². The lowest BCUT2D eigenvalue weighted by Crippen LogP contribution is -2.00. The van der Waals surface area contributed by atoms with Crippen LogP contribution in [-0.4, -0.2) is 11.1 Å². The fourth-order valence-electron chi connectivity index (χ4n) is 2.73. The maximum absolute atomic E-state index is 11.0. The standard InChI is InChI=1S/C18H16O2S/c1-12-10-21-11-17(12)16-7-6-13-4-2-3-5-14(13)15(16)8-9-18(19)20/h2-7,10-11H,8-9H2,1H3,(H,19,20). The van der Waals surface area contributed by atoms with Crippen LogP contribution in [0.1, 0.15) is 17.5 Å². The van der Waals surface area contributed by atoms with Gasteiger partial charge in [0.25, 0.3) is 0 Å². The molecule has 0 saturated heterocycles. The Morgan fingerprint density at radius 3 is 2.62 bits per heavy atom. The highest BCUT2D eigenvalue weighted by Crippen LogP contribution is 2.34. The van der Waals surface area contributed by atoms with E-state index in [1.807, 2.05) is 12.1 Å².